The van der Waals surface area contributed by atoms with Crippen LogP contribution >= 0.6 is 0 Å². The number of fused-ring (bicyclic) bond motifs is 1. The lowest BCUT2D eigenvalue weighted by Crippen LogP contribution is -1.92. The molecule has 9 heteroatoms. The van der Waals surface area contributed by atoms with Gasteiger partial charge in [0.15, 0.2) is 5.75 Å². The molecular formula is C15H11N5O4. The van der Waals surface area contributed by atoms with Crippen LogP contribution in [0, 0.1) is 10.1 Å². The van der Waals surface area contributed by atoms with Crippen LogP contribution < -0.4 is 4.74 Å². The smallest absolute Gasteiger partial charge is 0.291 e. The van der Waals surface area contributed by atoms with E-state index >= 15 is 0 Å². The number of phenols is 1. The second kappa shape index (κ2) is 6.24. The fourth-order valence-electron chi connectivity index (χ4n) is 2.08. The molecule has 0 spiro atoms. The van der Waals surface area contributed by atoms with Crippen LogP contribution in [0.3, 0.4) is 0 Å². The van der Waals surface area contributed by atoms with Crippen molar-refractivity contribution in [3.8, 4) is 11.5 Å². The minimum Gasteiger partial charge on any atom is -0.507 e. The largest absolute Gasteiger partial charge is 0.507 e. The van der Waals surface area contributed by atoms with Gasteiger partial charge in [0.2, 0.25) is 5.82 Å². The Hall–Kier alpha value is -3.62. The Morgan fingerprint density at radius 2 is 2.08 bits per heavy atom. The molecule has 24 heavy (non-hydrogen) atoms. The molecule has 1 N–H and O–H groups in total. The summed E-state index contributed by atoms with van der Waals surface area (Å²) in [4.78, 5) is 18.3. The van der Waals surface area contributed by atoms with Crippen LogP contribution in [-0.2, 0) is 0 Å². The summed E-state index contributed by atoms with van der Waals surface area (Å²) in [6.07, 6.45) is 2.65. The second-order valence-corrected chi connectivity index (χ2v) is 4.68. The van der Waals surface area contributed by atoms with Gasteiger partial charge in [0, 0.05) is 11.6 Å². The number of pyridine rings is 2. The van der Waals surface area contributed by atoms with Crippen molar-refractivity contribution < 1.29 is 14.8 Å². The number of nitro groups is 1. The van der Waals surface area contributed by atoms with Crippen molar-refractivity contribution in [2.24, 2.45) is 10.2 Å². The van der Waals surface area contributed by atoms with Gasteiger partial charge in [-0.25, -0.2) is 4.98 Å². The molecule has 0 saturated carbocycles. The summed E-state index contributed by atoms with van der Waals surface area (Å²) in [5.74, 6) is 0.312. The van der Waals surface area contributed by atoms with Crippen LogP contribution in [0.5, 0.6) is 11.5 Å². The van der Waals surface area contributed by atoms with E-state index in [1.165, 1.54) is 19.2 Å². The van der Waals surface area contributed by atoms with E-state index in [1.807, 2.05) is 0 Å². The van der Waals surface area contributed by atoms with E-state index in [1.54, 1.807) is 24.4 Å². The van der Waals surface area contributed by atoms with Crippen molar-refractivity contribution in [2.75, 3.05) is 7.11 Å². The first-order valence-corrected chi connectivity index (χ1v) is 6.77. The van der Waals surface area contributed by atoms with Crippen LogP contribution in [0.2, 0.25) is 0 Å². The molecule has 120 valence electrons. The first-order valence-electron chi connectivity index (χ1n) is 6.77. The molecule has 1 aromatic carbocycles. The Morgan fingerprint density at radius 1 is 1.25 bits per heavy atom. The van der Waals surface area contributed by atoms with Crippen molar-refractivity contribution in [1.29, 1.82) is 0 Å². The standard InChI is InChI=1S/C15H11N5O4/c1-24-13-7-9(20(22)23)8-17-15(13)19-18-11-4-5-12(21)10-3-2-6-16-14(10)11/h2-8,21H,1H3. The predicted octanol–water partition coefficient (Wildman–Crippen LogP) is 3.67. The van der Waals surface area contributed by atoms with Crippen molar-refractivity contribution in [3.05, 3.63) is 52.8 Å². The highest BCUT2D eigenvalue weighted by atomic mass is 16.6. The van der Waals surface area contributed by atoms with Gasteiger partial charge in [-0.05, 0) is 24.3 Å². The maximum absolute atomic E-state index is 10.8. The van der Waals surface area contributed by atoms with E-state index in [0.29, 0.717) is 16.6 Å². The number of ether oxygens (including phenoxy) is 1. The van der Waals surface area contributed by atoms with Gasteiger partial charge in [0.1, 0.15) is 23.2 Å². The summed E-state index contributed by atoms with van der Waals surface area (Å²) >= 11 is 0. The number of aromatic hydroxyl groups is 1. The van der Waals surface area contributed by atoms with Crippen molar-refractivity contribution >= 4 is 28.1 Å². The highest BCUT2D eigenvalue weighted by Crippen LogP contribution is 2.33. The zero-order valence-electron chi connectivity index (χ0n) is 12.4. The molecule has 0 aliphatic carbocycles. The molecular weight excluding hydrogens is 314 g/mol. The molecule has 0 radical (unpaired) electrons. The van der Waals surface area contributed by atoms with Crippen molar-refractivity contribution in [3.63, 3.8) is 0 Å². The van der Waals surface area contributed by atoms with Crippen LogP contribution in [0.4, 0.5) is 17.2 Å². The number of hydrogen-bond donors (Lipinski definition) is 1. The summed E-state index contributed by atoms with van der Waals surface area (Å²) in [5.41, 5.74) is 0.690. The number of phenolic OH excluding ortho intramolecular Hbond substituents is 1. The normalized spacial score (nSPS) is 11.0. The average molecular weight is 325 g/mol. The maximum atomic E-state index is 10.8. The highest BCUT2D eigenvalue weighted by molar-refractivity contribution is 5.93. The first-order chi connectivity index (χ1) is 11.6. The molecule has 2 heterocycles. The van der Waals surface area contributed by atoms with E-state index in [-0.39, 0.29) is 23.0 Å². The molecule has 0 saturated heterocycles. The van der Waals surface area contributed by atoms with Gasteiger partial charge in [0.25, 0.3) is 5.69 Å². The number of aromatic nitrogens is 2. The molecule has 0 atom stereocenters. The zero-order valence-corrected chi connectivity index (χ0v) is 12.4. The summed E-state index contributed by atoms with van der Waals surface area (Å²) in [6.45, 7) is 0. The summed E-state index contributed by atoms with van der Waals surface area (Å²) in [5, 5.41) is 29.2. The van der Waals surface area contributed by atoms with E-state index in [2.05, 4.69) is 20.2 Å². The van der Waals surface area contributed by atoms with Gasteiger partial charge in [0.05, 0.1) is 18.1 Å². The van der Waals surface area contributed by atoms with Crippen LogP contribution in [0.25, 0.3) is 10.9 Å². The topological polar surface area (TPSA) is 123 Å². The van der Waals surface area contributed by atoms with Gasteiger partial charge in [-0.15, -0.1) is 10.2 Å². The number of hydrogen-bond acceptors (Lipinski definition) is 8. The number of nitrogens with zero attached hydrogens (tertiary/aromatic N) is 5. The van der Waals surface area contributed by atoms with Crippen molar-refractivity contribution in [1.82, 2.24) is 9.97 Å². The minimum absolute atomic E-state index is 0.0862. The maximum Gasteiger partial charge on any atom is 0.291 e. The average Bonchev–Trinajstić information content (AvgIpc) is 2.61. The minimum atomic E-state index is -0.576. The van der Waals surface area contributed by atoms with Crippen LogP contribution in [0.1, 0.15) is 0 Å². The lowest BCUT2D eigenvalue weighted by atomic mass is 10.2. The van der Waals surface area contributed by atoms with Gasteiger partial charge >= 0.3 is 0 Å². The van der Waals surface area contributed by atoms with E-state index in [4.69, 9.17) is 4.74 Å². The molecule has 9 nitrogen and oxygen atoms in total. The van der Waals surface area contributed by atoms with E-state index in [9.17, 15) is 15.2 Å². The molecule has 0 amide bonds. The van der Waals surface area contributed by atoms with Crippen molar-refractivity contribution in [2.45, 2.75) is 0 Å². The van der Waals surface area contributed by atoms with Gasteiger partial charge in [-0.1, -0.05) is 0 Å². The molecule has 2 aromatic heterocycles. The fourth-order valence-corrected chi connectivity index (χ4v) is 2.08. The third-order valence-corrected chi connectivity index (χ3v) is 3.23. The molecule has 0 aliphatic heterocycles. The third-order valence-electron chi connectivity index (χ3n) is 3.23. The number of rotatable bonds is 4. The Bertz CT molecular complexity index is 958. The van der Waals surface area contributed by atoms with Crippen LogP contribution in [0.15, 0.2) is 53.0 Å². The molecule has 0 aliphatic rings. The van der Waals surface area contributed by atoms with Gasteiger partial charge < -0.3 is 9.84 Å². The summed E-state index contributed by atoms with van der Waals surface area (Å²) in [7, 11) is 1.36. The van der Waals surface area contributed by atoms with E-state index in [0.717, 1.165) is 6.20 Å². The SMILES string of the molecule is COc1cc([N+](=O)[O-])cnc1N=Nc1ccc(O)c2cccnc12. The lowest BCUT2D eigenvalue weighted by Gasteiger charge is -2.03. The van der Waals surface area contributed by atoms with Crippen LogP contribution in [-0.4, -0.2) is 27.1 Å². The lowest BCUT2D eigenvalue weighted by molar-refractivity contribution is -0.385. The monoisotopic (exact) mass is 325 g/mol. The van der Waals surface area contributed by atoms with Gasteiger partial charge in [-0.3, -0.25) is 15.1 Å². The summed E-state index contributed by atoms with van der Waals surface area (Å²) < 4.78 is 5.05. The Kier molecular flexibility index (Phi) is 3.98. The second-order valence-electron chi connectivity index (χ2n) is 4.68. The third kappa shape index (κ3) is 2.82. The zero-order chi connectivity index (χ0) is 17.1. The number of benzene rings is 1. The predicted molar refractivity (Wildman–Crippen MR) is 85.0 cm³/mol. The Morgan fingerprint density at radius 3 is 2.83 bits per heavy atom. The Balaban J connectivity index is 2.03. The number of azo groups is 1. The highest BCUT2D eigenvalue weighted by Gasteiger charge is 2.13. The van der Waals surface area contributed by atoms with Gasteiger partial charge in [-0.2, -0.15) is 0 Å². The fraction of sp³-hybridized carbons (Fsp3) is 0.0667. The number of methoxy groups -OCH3 is 1. The molecule has 0 fully saturated rings. The molecule has 0 unspecified atom stereocenters. The summed E-state index contributed by atoms with van der Waals surface area (Å²) in [6, 6.07) is 7.67. The molecule has 3 aromatic rings. The molecule has 3 rings (SSSR count). The first kappa shape index (κ1) is 15.3. The molecule has 0 bridgehead atoms. The quantitative estimate of drug-likeness (QED) is 0.443. The Labute approximate surface area is 135 Å². The van der Waals surface area contributed by atoms with E-state index < -0.39 is 4.92 Å².